The molecular formula is C15H20N2O2S. The highest BCUT2D eigenvalue weighted by molar-refractivity contribution is 7.16. The van der Waals surface area contributed by atoms with Crippen molar-refractivity contribution in [2.75, 3.05) is 11.9 Å². The predicted octanol–water partition coefficient (Wildman–Crippen LogP) is 2.85. The molecule has 1 amide bonds. The number of anilines is 1. The average molecular weight is 292 g/mol. The summed E-state index contributed by atoms with van der Waals surface area (Å²) in [6, 6.07) is 2.25. The SMILES string of the molecule is CC1CCc2c(sc(NC(=O)CCCCO)c2C#N)C1. The van der Waals surface area contributed by atoms with Crippen LogP contribution in [0.4, 0.5) is 5.00 Å². The van der Waals surface area contributed by atoms with Crippen LogP contribution in [0.25, 0.3) is 0 Å². The van der Waals surface area contributed by atoms with E-state index in [1.807, 2.05) is 0 Å². The first kappa shape index (κ1) is 15.0. The van der Waals surface area contributed by atoms with Gasteiger partial charge in [-0.05, 0) is 43.6 Å². The first-order valence-corrected chi connectivity index (χ1v) is 7.92. The van der Waals surface area contributed by atoms with Crippen LogP contribution in [0.2, 0.25) is 0 Å². The molecule has 0 fully saturated rings. The molecule has 0 spiro atoms. The van der Waals surface area contributed by atoms with Crippen molar-refractivity contribution in [3.63, 3.8) is 0 Å². The molecule has 0 bridgehead atoms. The van der Waals surface area contributed by atoms with Crippen molar-refractivity contribution in [2.24, 2.45) is 5.92 Å². The second kappa shape index (κ2) is 6.87. The lowest BCUT2D eigenvalue weighted by Gasteiger charge is -2.17. The molecule has 1 atom stereocenters. The van der Waals surface area contributed by atoms with E-state index >= 15 is 0 Å². The molecule has 1 heterocycles. The fourth-order valence-electron chi connectivity index (χ4n) is 2.54. The summed E-state index contributed by atoms with van der Waals surface area (Å²) >= 11 is 1.55. The Balaban J connectivity index is 2.09. The van der Waals surface area contributed by atoms with Gasteiger partial charge in [0, 0.05) is 17.9 Å². The molecule has 0 aromatic carbocycles. The smallest absolute Gasteiger partial charge is 0.225 e. The molecule has 1 unspecified atom stereocenters. The van der Waals surface area contributed by atoms with Gasteiger partial charge in [0.15, 0.2) is 0 Å². The zero-order valence-electron chi connectivity index (χ0n) is 11.7. The average Bonchev–Trinajstić information content (AvgIpc) is 2.75. The van der Waals surface area contributed by atoms with Crippen LogP contribution in [-0.4, -0.2) is 17.6 Å². The van der Waals surface area contributed by atoms with Gasteiger partial charge in [0.25, 0.3) is 0 Å². The van der Waals surface area contributed by atoms with Gasteiger partial charge in [0.05, 0.1) is 5.56 Å². The Morgan fingerprint density at radius 2 is 2.35 bits per heavy atom. The minimum Gasteiger partial charge on any atom is -0.396 e. The van der Waals surface area contributed by atoms with Crippen molar-refractivity contribution in [1.29, 1.82) is 5.26 Å². The number of nitriles is 1. The molecular weight excluding hydrogens is 272 g/mol. The molecule has 5 heteroatoms. The molecule has 108 valence electrons. The molecule has 0 aliphatic heterocycles. The molecule has 1 aliphatic rings. The molecule has 1 aliphatic carbocycles. The van der Waals surface area contributed by atoms with Crippen LogP contribution in [0, 0.1) is 17.2 Å². The largest absolute Gasteiger partial charge is 0.396 e. The first-order valence-electron chi connectivity index (χ1n) is 7.11. The van der Waals surface area contributed by atoms with Crippen molar-refractivity contribution in [3.05, 3.63) is 16.0 Å². The lowest BCUT2D eigenvalue weighted by Crippen LogP contribution is -2.11. The molecule has 0 saturated heterocycles. The fourth-order valence-corrected chi connectivity index (χ4v) is 3.92. The summed E-state index contributed by atoms with van der Waals surface area (Å²) in [5.74, 6) is 0.586. The molecule has 0 radical (unpaired) electrons. The minimum absolute atomic E-state index is 0.0680. The topological polar surface area (TPSA) is 73.1 Å². The van der Waals surface area contributed by atoms with E-state index in [9.17, 15) is 10.1 Å². The maximum atomic E-state index is 11.8. The van der Waals surface area contributed by atoms with Gasteiger partial charge < -0.3 is 10.4 Å². The van der Waals surface area contributed by atoms with E-state index in [0.29, 0.717) is 35.7 Å². The number of rotatable bonds is 5. The highest BCUT2D eigenvalue weighted by atomic mass is 32.1. The number of nitrogens with one attached hydrogen (secondary N) is 1. The van der Waals surface area contributed by atoms with Crippen molar-refractivity contribution >= 4 is 22.2 Å². The third kappa shape index (κ3) is 3.38. The number of fused-ring (bicyclic) bond motifs is 1. The number of unbranched alkanes of at least 4 members (excludes halogenated alkanes) is 1. The lowest BCUT2D eigenvalue weighted by atomic mass is 9.88. The van der Waals surface area contributed by atoms with Gasteiger partial charge in [-0.3, -0.25) is 4.79 Å². The maximum Gasteiger partial charge on any atom is 0.225 e. The number of carbonyl (C=O) groups excluding carboxylic acids is 1. The van der Waals surface area contributed by atoms with E-state index in [-0.39, 0.29) is 12.5 Å². The molecule has 2 N–H and O–H groups in total. The number of aliphatic hydroxyl groups is 1. The maximum absolute atomic E-state index is 11.8. The number of hydrogen-bond acceptors (Lipinski definition) is 4. The Labute approximate surface area is 123 Å². The van der Waals surface area contributed by atoms with E-state index in [1.54, 1.807) is 11.3 Å². The zero-order valence-corrected chi connectivity index (χ0v) is 12.6. The van der Waals surface area contributed by atoms with Gasteiger partial charge in [0.2, 0.25) is 5.91 Å². The number of amides is 1. The van der Waals surface area contributed by atoms with Crippen molar-refractivity contribution in [3.8, 4) is 6.07 Å². The van der Waals surface area contributed by atoms with Crippen LogP contribution in [-0.2, 0) is 17.6 Å². The lowest BCUT2D eigenvalue weighted by molar-refractivity contribution is -0.116. The standard InChI is InChI=1S/C15H20N2O2S/c1-10-5-6-11-12(9-16)15(20-13(11)8-10)17-14(19)4-2-3-7-18/h10,18H,2-8H2,1H3,(H,17,19). The van der Waals surface area contributed by atoms with Crippen molar-refractivity contribution < 1.29 is 9.90 Å². The summed E-state index contributed by atoms with van der Waals surface area (Å²) in [5, 5.41) is 21.6. The normalized spacial score (nSPS) is 17.4. The van der Waals surface area contributed by atoms with E-state index < -0.39 is 0 Å². The van der Waals surface area contributed by atoms with Crippen LogP contribution in [0.3, 0.4) is 0 Å². The highest BCUT2D eigenvalue weighted by Crippen LogP contribution is 2.39. The summed E-state index contributed by atoms with van der Waals surface area (Å²) in [7, 11) is 0. The van der Waals surface area contributed by atoms with Crippen LogP contribution >= 0.6 is 11.3 Å². The van der Waals surface area contributed by atoms with Crippen LogP contribution in [0.15, 0.2) is 0 Å². The fraction of sp³-hybridized carbons (Fsp3) is 0.600. The van der Waals surface area contributed by atoms with Gasteiger partial charge >= 0.3 is 0 Å². The van der Waals surface area contributed by atoms with Gasteiger partial charge in [0.1, 0.15) is 11.1 Å². The van der Waals surface area contributed by atoms with E-state index in [1.165, 1.54) is 4.88 Å². The summed E-state index contributed by atoms with van der Waals surface area (Å²) < 4.78 is 0. The Morgan fingerprint density at radius 1 is 1.55 bits per heavy atom. The highest BCUT2D eigenvalue weighted by Gasteiger charge is 2.24. The van der Waals surface area contributed by atoms with Gasteiger partial charge in [-0.25, -0.2) is 0 Å². The minimum atomic E-state index is -0.0680. The zero-order chi connectivity index (χ0) is 14.5. The summed E-state index contributed by atoms with van der Waals surface area (Å²) in [6.07, 6.45) is 4.77. The Kier molecular flexibility index (Phi) is 5.16. The first-order chi connectivity index (χ1) is 9.65. The van der Waals surface area contributed by atoms with Gasteiger partial charge in [-0.1, -0.05) is 6.92 Å². The third-order valence-electron chi connectivity index (χ3n) is 3.69. The summed E-state index contributed by atoms with van der Waals surface area (Å²) in [6.45, 7) is 2.34. The Bertz CT molecular complexity index is 531. The molecule has 4 nitrogen and oxygen atoms in total. The number of aliphatic hydroxyl groups excluding tert-OH is 1. The van der Waals surface area contributed by atoms with Crippen LogP contribution < -0.4 is 5.32 Å². The van der Waals surface area contributed by atoms with Gasteiger partial charge in [-0.15, -0.1) is 11.3 Å². The predicted molar refractivity (Wildman–Crippen MR) is 79.8 cm³/mol. The van der Waals surface area contributed by atoms with Crippen molar-refractivity contribution in [2.45, 2.75) is 45.4 Å². The molecule has 1 aromatic heterocycles. The summed E-state index contributed by atoms with van der Waals surface area (Å²) in [5.41, 5.74) is 1.80. The number of carbonyl (C=O) groups is 1. The van der Waals surface area contributed by atoms with E-state index in [4.69, 9.17) is 5.11 Å². The third-order valence-corrected chi connectivity index (χ3v) is 4.86. The molecule has 2 rings (SSSR count). The van der Waals surface area contributed by atoms with Crippen LogP contribution in [0.1, 0.15) is 48.6 Å². The molecule has 0 saturated carbocycles. The number of hydrogen-bond donors (Lipinski definition) is 2. The quantitative estimate of drug-likeness (QED) is 0.820. The number of thiophene rings is 1. The number of nitrogens with zero attached hydrogens (tertiary/aromatic N) is 1. The summed E-state index contributed by atoms with van der Waals surface area (Å²) in [4.78, 5) is 13.1. The van der Waals surface area contributed by atoms with Gasteiger partial charge in [-0.2, -0.15) is 5.26 Å². The van der Waals surface area contributed by atoms with Crippen LogP contribution in [0.5, 0.6) is 0 Å². The monoisotopic (exact) mass is 292 g/mol. The second-order valence-electron chi connectivity index (χ2n) is 5.40. The molecule has 1 aromatic rings. The Hall–Kier alpha value is -1.38. The van der Waals surface area contributed by atoms with E-state index in [2.05, 4.69) is 18.3 Å². The Morgan fingerprint density at radius 3 is 3.05 bits per heavy atom. The molecule has 20 heavy (non-hydrogen) atoms. The van der Waals surface area contributed by atoms with E-state index in [0.717, 1.165) is 24.8 Å². The second-order valence-corrected chi connectivity index (χ2v) is 6.50. The van der Waals surface area contributed by atoms with Crippen molar-refractivity contribution in [1.82, 2.24) is 0 Å².